The zero-order valence-corrected chi connectivity index (χ0v) is 51.7. The van der Waals surface area contributed by atoms with Gasteiger partial charge in [-0.25, -0.2) is 19.2 Å². The second-order valence-corrected chi connectivity index (χ2v) is 23.3. The Hall–Kier alpha value is -10.9. The Morgan fingerprint density at radius 2 is 0.598 bits per heavy atom. The maximum atomic E-state index is 15.9. The summed E-state index contributed by atoms with van der Waals surface area (Å²) in [6.07, 6.45) is 1.30. The van der Waals surface area contributed by atoms with Crippen LogP contribution in [0, 0.1) is 11.8 Å². The van der Waals surface area contributed by atoms with Gasteiger partial charge in [0, 0.05) is 54.2 Å². The van der Waals surface area contributed by atoms with Crippen molar-refractivity contribution in [3.8, 4) is 46.0 Å². The van der Waals surface area contributed by atoms with Crippen molar-refractivity contribution in [2.24, 2.45) is 11.8 Å². The van der Waals surface area contributed by atoms with E-state index in [2.05, 4.69) is 13.2 Å². The van der Waals surface area contributed by atoms with Gasteiger partial charge in [-0.3, -0.25) is 29.0 Å². The SMILES string of the molecule is C=C(C)C(=O)OCCCCOC(=O)C(C(C)C)N1C(=O)c2cc(Oc3ccccc3)c3c4c(Oc5ccccc5)cc5c6c(cc(Oc7ccccc7)c(c7c(Oc8ccccc8)cc(c2c37)C1=O)c64)C(=O)N(C(C(=O)OCCCCOC(=O)C(=C)C)C(C)C)C5=O. The molecule has 2 atom stereocenters. The molecule has 0 saturated carbocycles. The standard InChI is InChI=1S/C74H66N2O16/c1-41(2)65(73(83)87-35-23-21-33-85-71(81)43(5)6)75-67(77)49-37-53(89-45-25-13-9-14-26-45)59-61-55(91-47-29-17-11-18-30-47)39-51-58-52(70(80)76(69(51)79)66(42(3)4)74(84)88-36-24-22-34-86-72(82)44(7)8)40-56(92-48-31-19-12-20-32-48)62(64(58)61)60-54(90-46-27-15-10-16-28-46)38-50(68(75)78)57(49)63(59)60/h9-20,25-32,37-42,65-66H,5,7,21-24,33-36H2,1-4,6,8H3. The maximum absolute atomic E-state index is 15.9. The van der Waals surface area contributed by atoms with Crippen LogP contribution in [0.5, 0.6) is 46.0 Å². The number of carbonyl (C=O) groups excluding carboxylic acids is 8. The molecule has 0 fully saturated rings. The van der Waals surface area contributed by atoms with Crippen molar-refractivity contribution in [2.45, 2.75) is 79.3 Å². The van der Waals surface area contributed by atoms with Gasteiger partial charge < -0.3 is 37.9 Å². The molecular weight excluding hydrogens is 1170 g/mol. The zero-order valence-electron chi connectivity index (χ0n) is 51.7. The summed E-state index contributed by atoms with van der Waals surface area (Å²) in [5.74, 6) is -5.95. The molecule has 0 saturated heterocycles. The van der Waals surface area contributed by atoms with Crippen LogP contribution in [0.1, 0.15) is 109 Å². The predicted octanol–water partition coefficient (Wildman–Crippen LogP) is 15.0. The number of unbranched alkanes of at least 4 members (excludes halogenated alkanes) is 2. The molecule has 0 aromatic heterocycles. The van der Waals surface area contributed by atoms with Gasteiger partial charge in [-0.05, 0) is 124 Å². The highest BCUT2D eigenvalue weighted by Gasteiger charge is 2.48. The minimum atomic E-state index is -1.45. The van der Waals surface area contributed by atoms with Crippen LogP contribution >= 0.6 is 0 Å². The number of amides is 4. The number of benzene rings is 9. The Bertz CT molecular complexity index is 3940. The number of carbonyl (C=O) groups is 8. The van der Waals surface area contributed by atoms with Gasteiger partial charge in [-0.2, -0.15) is 0 Å². The van der Waals surface area contributed by atoms with Crippen LogP contribution in [0.15, 0.2) is 170 Å². The molecule has 2 unspecified atom stereocenters. The van der Waals surface area contributed by atoms with Crippen molar-refractivity contribution in [1.82, 2.24) is 9.80 Å². The fraction of sp³-hybridized carbons (Fsp3) is 0.243. The number of ether oxygens (including phenoxy) is 8. The second kappa shape index (κ2) is 26.7. The maximum Gasteiger partial charge on any atom is 0.333 e. The third-order valence-electron chi connectivity index (χ3n) is 15.9. The van der Waals surface area contributed by atoms with Crippen LogP contribution < -0.4 is 18.9 Å². The number of hydrogen-bond donors (Lipinski definition) is 0. The Kier molecular flexibility index (Phi) is 18.2. The smallest absolute Gasteiger partial charge is 0.333 e. The fourth-order valence-corrected chi connectivity index (χ4v) is 11.7. The minimum absolute atomic E-state index is 0.0292. The molecule has 11 rings (SSSR count). The summed E-state index contributed by atoms with van der Waals surface area (Å²) in [6.45, 7) is 17.0. The summed E-state index contributed by atoms with van der Waals surface area (Å²) in [4.78, 5) is 118. The van der Waals surface area contributed by atoms with E-state index in [1.807, 2.05) is 24.3 Å². The highest BCUT2D eigenvalue weighted by atomic mass is 16.6. The lowest BCUT2D eigenvalue weighted by molar-refractivity contribution is -0.151. The molecule has 0 bridgehead atoms. The number of imide groups is 2. The normalized spacial score (nSPS) is 13.4. The van der Waals surface area contributed by atoms with Crippen molar-refractivity contribution >= 4 is 90.6 Å². The lowest BCUT2D eigenvalue weighted by Gasteiger charge is -2.36. The van der Waals surface area contributed by atoms with Crippen molar-refractivity contribution < 1.29 is 76.3 Å². The molecule has 2 heterocycles. The minimum Gasteiger partial charge on any atom is -0.464 e. The molecule has 4 amide bonds. The van der Waals surface area contributed by atoms with Crippen LogP contribution in [0.25, 0.3) is 43.1 Å². The summed E-state index contributed by atoms with van der Waals surface area (Å²) < 4.78 is 50.1. The Morgan fingerprint density at radius 1 is 0.359 bits per heavy atom. The lowest BCUT2D eigenvalue weighted by atomic mass is 9.80. The number of para-hydroxylation sites is 4. The average molecular weight is 1240 g/mol. The van der Waals surface area contributed by atoms with Crippen LogP contribution in [-0.2, 0) is 38.1 Å². The highest BCUT2D eigenvalue weighted by Crippen LogP contribution is 2.58. The fourth-order valence-electron chi connectivity index (χ4n) is 11.7. The average Bonchev–Trinajstić information content (AvgIpc) is 0.674. The van der Waals surface area contributed by atoms with Crippen LogP contribution in [0.3, 0.4) is 0 Å². The number of rotatable bonds is 26. The third kappa shape index (κ3) is 12.2. The van der Waals surface area contributed by atoms with Gasteiger partial charge in [0.2, 0.25) is 0 Å². The van der Waals surface area contributed by atoms with E-state index in [-0.39, 0.29) is 126 Å². The summed E-state index contributed by atoms with van der Waals surface area (Å²) in [7, 11) is 0. The molecule has 2 aliphatic rings. The summed E-state index contributed by atoms with van der Waals surface area (Å²) >= 11 is 0. The molecule has 18 nitrogen and oxygen atoms in total. The first-order chi connectivity index (χ1) is 44.3. The topological polar surface area (TPSA) is 217 Å². The van der Waals surface area contributed by atoms with E-state index in [0.717, 1.165) is 9.80 Å². The van der Waals surface area contributed by atoms with Gasteiger partial charge in [0.1, 0.15) is 58.1 Å². The van der Waals surface area contributed by atoms with Crippen LogP contribution in [0.2, 0.25) is 0 Å². The Balaban J connectivity index is 1.18. The second-order valence-electron chi connectivity index (χ2n) is 23.3. The molecule has 0 spiro atoms. The predicted molar refractivity (Wildman–Crippen MR) is 344 cm³/mol. The van der Waals surface area contributed by atoms with Crippen molar-refractivity contribution in [1.29, 1.82) is 0 Å². The molecule has 92 heavy (non-hydrogen) atoms. The first-order valence-electron chi connectivity index (χ1n) is 30.4. The van der Waals surface area contributed by atoms with Gasteiger partial charge in [-0.15, -0.1) is 0 Å². The summed E-state index contributed by atoms with van der Waals surface area (Å²) in [6, 6.07) is 38.3. The van der Waals surface area contributed by atoms with Crippen molar-refractivity contribution in [3.63, 3.8) is 0 Å². The molecule has 468 valence electrons. The lowest BCUT2D eigenvalue weighted by Crippen LogP contribution is -2.53. The number of esters is 4. The van der Waals surface area contributed by atoms with E-state index in [4.69, 9.17) is 37.9 Å². The van der Waals surface area contributed by atoms with E-state index in [0.29, 0.717) is 48.7 Å². The van der Waals surface area contributed by atoms with Crippen LogP contribution in [-0.4, -0.2) is 95.8 Å². The molecule has 0 radical (unpaired) electrons. The molecule has 0 aliphatic carbocycles. The first kappa shape index (κ1) is 62.7. The van der Waals surface area contributed by atoms with Gasteiger partial charge in [-0.1, -0.05) is 114 Å². The molecule has 0 N–H and O–H groups in total. The number of nitrogens with zero attached hydrogens (tertiary/aromatic N) is 2. The summed E-state index contributed by atoms with van der Waals surface area (Å²) in [5, 5.41) is 1.87. The first-order valence-corrected chi connectivity index (χ1v) is 30.4. The molecule has 18 heteroatoms. The van der Waals surface area contributed by atoms with E-state index in [9.17, 15) is 19.2 Å². The van der Waals surface area contributed by atoms with Gasteiger partial charge in [0.05, 0.1) is 48.7 Å². The molecule has 2 aliphatic heterocycles. The largest absolute Gasteiger partial charge is 0.464 e. The molecular formula is C74H66N2O16. The van der Waals surface area contributed by atoms with E-state index in [1.54, 1.807) is 125 Å². The Morgan fingerprint density at radius 3 is 0.826 bits per heavy atom. The van der Waals surface area contributed by atoms with E-state index >= 15 is 19.2 Å². The van der Waals surface area contributed by atoms with Gasteiger partial charge >= 0.3 is 23.9 Å². The zero-order chi connectivity index (χ0) is 65.1. The van der Waals surface area contributed by atoms with E-state index < -0.39 is 71.4 Å². The molecule has 9 aromatic rings. The quantitative estimate of drug-likeness (QED) is 0.00936. The van der Waals surface area contributed by atoms with Gasteiger partial charge in [0.25, 0.3) is 23.6 Å². The summed E-state index contributed by atoms with van der Waals surface area (Å²) in [5.41, 5.74) is 0.372. The van der Waals surface area contributed by atoms with Crippen LogP contribution in [0.4, 0.5) is 0 Å². The van der Waals surface area contributed by atoms with Crippen molar-refractivity contribution in [3.05, 3.63) is 192 Å². The van der Waals surface area contributed by atoms with Crippen molar-refractivity contribution in [2.75, 3.05) is 26.4 Å². The van der Waals surface area contributed by atoms with Gasteiger partial charge in [0.15, 0.2) is 0 Å². The van der Waals surface area contributed by atoms with E-state index in [1.165, 1.54) is 38.1 Å². The monoisotopic (exact) mass is 1240 g/mol. The molecule has 9 aromatic carbocycles. The Labute approximate surface area is 530 Å². The highest BCUT2D eigenvalue weighted by molar-refractivity contribution is 6.45. The number of fused-ring (bicyclic) bond motifs is 2. The third-order valence-corrected chi connectivity index (χ3v) is 15.9. The number of hydrogen-bond acceptors (Lipinski definition) is 16.